The predicted molar refractivity (Wildman–Crippen MR) is 67.0 cm³/mol. The van der Waals surface area contributed by atoms with Crippen molar-refractivity contribution in [1.82, 2.24) is 0 Å². The summed E-state index contributed by atoms with van der Waals surface area (Å²) >= 11 is 3.53. The molecule has 0 fully saturated rings. The smallest absolute Gasteiger partial charge is 0.123 e. The first kappa shape index (κ1) is 11.0. The van der Waals surface area contributed by atoms with Crippen LogP contribution in [0.1, 0.15) is 16.0 Å². The van der Waals surface area contributed by atoms with Crippen molar-refractivity contribution in [3.8, 4) is 11.5 Å². The normalized spacial score (nSPS) is 12.3. The van der Waals surface area contributed by atoms with Gasteiger partial charge in [0.2, 0.25) is 0 Å². The van der Waals surface area contributed by atoms with E-state index in [4.69, 9.17) is 0 Å². The Kier molecular flexibility index (Phi) is 3.15. The highest BCUT2D eigenvalue weighted by atomic mass is 79.9. The molecule has 0 radical (unpaired) electrons. The van der Waals surface area contributed by atoms with E-state index in [0.717, 1.165) is 11.1 Å². The van der Waals surface area contributed by atoms with Crippen LogP contribution in [0, 0.1) is 0 Å². The molecule has 0 aliphatic heterocycles. The van der Waals surface area contributed by atoms with Crippen LogP contribution in [0.3, 0.4) is 0 Å². The summed E-state index contributed by atoms with van der Waals surface area (Å²) in [7, 11) is 0. The van der Waals surface area contributed by atoms with Gasteiger partial charge in [-0.1, -0.05) is 52.3 Å². The number of rotatable bonds is 2. The maximum Gasteiger partial charge on any atom is 0.123 e. The highest BCUT2D eigenvalue weighted by molar-refractivity contribution is 9.09. The number of hydrogen-bond donors (Lipinski definition) is 2. The summed E-state index contributed by atoms with van der Waals surface area (Å²) in [4.78, 5) is -0.0747. The molecule has 3 heteroatoms. The zero-order valence-electron chi connectivity index (χ0n) is 8.47. The first-order valence-electron chi connectivity index (χ1n) is 4.89. The van der Waals surface area contributed by atoms with Gasteiger partial charge < -0.3 is 10.2 Å². The Hall–Kier alpha value is -1.48. The molecule has 0 amide bonds. The molecule has 0 aliphatic rings. The Morgan fingerprint density at radius 3 is 2.25 bits per heavy atom. The Balaban J connectivity index is 2.38. The number of hydrogen-bond acceptors (Lipinski definition) is 2. The molecule has 0 unspecified atom stereocenters. The first-order valence-corrected chi connectivity index (χ1v) is 5.81. The molecule has 16 heavy (non-hydrogen) atoms. The molecule has 2 rings (SSSR count). The Labute approximate surface area is 102 Å². The van der Waals surface area contributed by atoms with Crippen LogP contribution in [0.5, 0.6) is 11.5 Å². The fourth-order valence-corrected chi connectivity index (χ4v) is 2.24. The molecular weight excluding hydrogens is 268 g/mol. The van der Waals surface area contributed by atoms with Crippen molar-refractivity contribution in [3.63, 3.8) is 0 Å². The second kappa shape index (κ2) is 4.58. The number of benzene rings is 2. The molecule has 2 N–H and O–H groups in total. The maximum absolute atomic E-state index is 9.73. The molecule has 1 atom stereocenters. The van der Waals surface area contributed by atoms with Gasteiger partial charge in [0.1, 0.15) is 11.5 Å². The summed E-state index contributed by atoms with van der Waals surface area (Å²) in [6.07, 6.45) is 0. The minimum absolute atomic E-state index is 0.0639. The van der Waals surface area contributed by atoms with Crippen LogP contribution in [0.25, 0.3) is 0 Å². The average molecular weight is 279 g/mol. The number of phenols is 2. The minimum atomic E-state index is -0.0747. The van der Waals surface area contributed by atoms with Crippen LogP contribution in [-0.4, -0.2) is 10.2 Å². The third-order valence-electron chi connectivity index (χ3n) is 2.38. The van der Waals surface area contributed by atoms with Crippen molar-refractivity contribution in [2.45, 2.75) is 4.83 Å². The van der Waals surface area contributed by atoms with Gasteiger partial charge in [0.05, 0.1) is 4.83 Å². The number of alkyl halides is 1. The third kappa shape index (κ3) is 2.19. The van der Waals surface area contributed by atoms with E-state index in [-0.39, 0.29) is 16.3 Å². The molecule has 2 nitrogen and oxygen atoms in total. The SMILES string of the molecule is Oc1ccc([C@@H](Br)c2ccccc2)c(O)c1. The van der Waals surface area contributed by atoms with Gasteiger partial charge in [0, 0.05) is 11.6 Å². The zero-order valence-corrected chi connectivity index (χ0v) is 10.1. The summed E-state index contributed by atoms with van der Waals surface area (Å²) < 4.78 is 0. The van der Waals surface area contributed by atoms with Crippen molar-refractivity contribution in [1.29, 1.82) is 0 Å². The maximum atomic E-state index is 9.73. The van der Waals surface area contributed by atoms with Gasteiger partial charge in [-0.15, -0.1) is 0 Å². The molecule has 0 aliphatic carbocycles. The average Bonchev–Trinajstić information content (AvgIpc) is 2.29. The summed E-state index contributed by atoms with van der Waals surface area (Å²) in [6.45, 7) is 0. The molecule has 0 saturated carbocycles. The Morgan fingerprint density at radius 1 is 0.938 bits per heavy atom. The quantitative estimate of drug-likeness (QED) is 0.825. The molecule has 0 saturated heterocycles. The first-order chi connectivity index (χ1) is 7.68. The highest BCUT2D eigenvalue weighted by Crippen LogP contribution is 2.37. The van der Waals surface area contributed by atoms with E-state index in [1.807, 2.05) is 30.3 Å². The van der Waals surface area contributed by atoms with Crippen LogP contribution >= 0.6 is 15.9 Å². The third-order valence-corrected chi connectivity index (χ3v) is 3.40. The van der Waals surface area contributed by atoms with Gasteiger partial charge in [0.15, 0.2) is 0 Å². The van der Waals surface area contributed by atoms with E-state index >= 15 is 0 Å². The molecular formula is C13H11BrO2. The van der Waals surface area contributed by atoms with Gasteiger partial charge in [-0.2, -0.15) is 0 Å². The largest absolute Gasteiger partial charge is 0.508 e. The fraction of sp³-hybridized carbons (Fsp3) is 0.0769. The van der Waals surface area contributed by atoms with E-state index in [0.29, 0.717) is 0 Å². The van der Waals surface area contributed by atoms with Crippen molar-refractivity contribution >= 4 is 15.9 Å². The lowest BCUT2D eigenvalue weighted by molar-refractivity contribution is 0.447. The van der Waals surface area contributed by atoms with Gasteiger partial charge in [-0.3, -0.25) is 0 Å². The van der Waals surface area contributed by atoms with E-state index in [1.54, 1.807) is 12.1 Å². The molecule has 82 valence electrons. The number of halogens is 1. The van der Waals surface area contributed by atoms with Crippen molar-refractivity contribution in [2.24, 2.45) is 0 Å². The Bertz CT molecular complexity index is 483. The van der Waals surface area contributed by atoms with Gasteiger partial charge in [-0.25, -0.2) is 0 Å². The predicted octanol–water partition coefficient (Wildman–Crippen LogP) is 3.58. The van der Waals surface area contributed by atoms with Crippen molar-refractivity contribution in [2.75, 3.05) is 0 Å². The second-order valence-corrected chi connectivity index (χ2v) is 4.43. The Morgan fingerprint density at radius 2 is 1.62 bits per heavy atom. The summed E-state index contributed by atoms with van der Waals surface area (Å²) in [6, 6.07) is 14.4. The van der Waals surface area contributed by atoms with Crippen LogP contribution in [-0.2, 0) is 0 Å². The summed E-state index contributed by atoms with van der Waals surface area (Å²) in [5, 5.41) is 18.9. The second-order valence-electron chi connectivity index (χ2n) is 3.52. The van der Waals surface area contributed by atoms with E-state index in [1.165, 1.54) is 6.07 Å². The van der Waals surface area contributed by atoms with Crippen molar-refractivity contribution in [3.05, 3.63) is 59.7 Å². The van der Waals surface area contributed by atoms with E-state index in [2.05, 4.69) is 15.9 Å². The molecule has 0 aromatic heterocycles. The highest BCUT2D eigenvalue weighted by Gasteiger charge is 2.14. The standard InChI is InChI=1S/C13H11BrO2/c14-13(9-4-2-1-3-5-9)11-7-6-10(15)8-12(11)16/h1-8,13,15-16H/t13-/m0/s1. The zero-order chi connectivity index (χ0) is 11.5. The lowest BCUT2D eigenvalue weighted by Gasteiger charge is -2.12. The molecule has 0 heterocycles. The number of aromatic hydroxyl groups is 2. The number of phenolic OH excluding ortho intramolecular Hbond substituents is 2. The van der Waals surface area contributed by atoms with Gasteiger partial charge in [0.25, 0.3) is 0 Å². The fourth-order valence-electron chi connectivity index (χ4n) is 1.55. The monoisotopic (exact) mass is 278 g/mol. The van der Waals surface area contributed by atoms with Crippen LogP contribution in [0.2, 0.25) is 0 Å². The molecule has 2 aromatic rings. The van der Waals surface area contributed by atoms with Crippen LogP contribution in [0.4, 0.5) is 0 Å². The van der Waals surface area contributed by atoms with E-state index in [9.17, 15) is 10.2 Å². The molecule has 0 spiro atoms. The summed E-state index contributed by atoms with van der Waals surface area (Å²) in [5.74, 6) is 0.153. The van der Waals surface area contributed by atoms with E-state index < -0.39 is 0 Å². The molecule has 2 aromatic carbocycles. The van der Waals surface area contributed by atoms with Gasteiger partial charge >= 0.3 is 0 Å². The lowest BCUT2D eigenvalue weighted by atomic mass is 10.0. The van der Waals surface area contributed by atoms with Crippen LogP contribution in [0.15, 0.2) is 48.5 Å². The topological polar surface area (TPSA) is 40.5 Å². The lowest BCUT2D eigenvalue weighted by Crippen LogP contribution is -1.92. The molecule has 0 bridgehead atoms. The van der Waals surface area contributed by atoms with Crippen molar-refractivity contribution < 1.29 is 10.2 Å². The van der Waals surface area contributed by atoms with Gasteiger partial charge in [-0.05, 0) is 11.6 Å². The summed E-state index contributed by atoms with van der Waals surface area (Å²) in [5.41, 5.74) is 1.80. The van der Waals surface area contributed by atoms with Crippen LogP contribution < -0.4 is 0 Å². The minimum Gasteiger partial charge on any atom is -0.508 e.